The molecule has 0 radical (unpaired) electrons. The Morgan fingerprint density at radius 3 is 1.78 bits per heavy atom. The number of benzene rings is 3. The molecule has 0 aliphatic carbocycles. The third-order valence-corrected chi connectivity index (χ3v) is 4.83. The van der Waals surface area contributed by atoms with Crippen LogP contribution in [0.1, 0.15) is 47.8 Å². The lowest BCUT2D eigenvalue weighted by atomic mass is 9.87. The minimum absolute atomic E-state index is 0.103. The minimum atomic E-state index is -1.16. The van der Waals surface area contributed by atoms with E-state index in [0.717, 1.165) is 29.3 Å². The molecule has 0 unspecified atom stereocenters. The summed E-state index contributed by atoms with van der Waals surface area (Å²) in [5.41, 5.74) is 2.97. The normalized spacial score (nSPS) is 11.4. The molecule has 3 aromatic carbocycles. The van der Waals surface area contributed by atoms with E-state index in [1.54, 1.807) is 24.3 Å². The van der Waals surface area contributed by atoms with Crippen LogP contribution >= 0.6 is 0 Å². The van der Waals surface area contributed by atoms with E-state index in [9.17, 15) is 18.4 Å². The van der Waals surface area contributed by atoms with Gasteiger partial charge in [0.2, 0.25) is 0 Å². The van der Waals surface area contributed by atoms with Gasteiger partial charge < -0.3 is 5.32 Å². The number of carbonyl (C=O) groups excluding carboxylic acids is 2. The highest BCUT2D eigenvalue weighted by Gasteiger charge is 2.19. The monoisotopic (exact) mass is 434 g/mol. The van der Waals surface area contributed by atoms with Crippen LogP contribution in [0.3, 0.4) is 0 Å². The molecular weight excluding hydrogens is 410 g/mol. The first kappa shape index (κ1) is 22.9. The molecule has 0 spiro atoms. The van der Waals surface area contributed by atoms with Crippen LogP contribution in [0.25, 0.3) is 12.2 Å². The Kier molecular flexibility index (Phi) is 6.83. The van der Waals surface area contributed by atoms with Gasteiger partial charge in [-0.3, -0.25) is 10.1 Å². The van der Waals surface area contributed by atoms with E-state index in [-0.39, 0.29) is 5.41 Å². The van der Waals surface area contributed by atoms with E-state index in [1.807, 2.05) is 17.5 Å². The minimum Gasteiger partial charge on any atom is -0.308 e. The zero-order valence-corrected chi connectivity index (χ0v) is 18.1. The van der Waals surface area contributed by atoms with Crippen LogP contribution in [0.5, 0.6) is 0 Å². The summed E-state index contributed by atoms with van der Waals surface area (Å²) in [7, 11) is 0. The Labute approximate surface area is 186 Å². The zero-order valence-electron chi connectivity index (χ0n) is 18.1. The molecule has 0 atom stereocenters. The van der Waals surface area contributed by atoms with Crippen molar-refractivity contribution >= 4 is 29.8 Å². The van der Waals surface area contributed by atoms with E-state index in [2.05, 4.69) is 50.4 Å². The van der Waals surface area contributed by atoms with Gasteiger partial charge in [-0.15, -0.1) is 0 Å². The van der Waals surface area contributed by atoms with Gasteiger partial charge in [0.25, 0.3) is 5.91 Å². The zero-order chi connectivity index (χ0) is 23.3. The molecule has 0 heterocycles. The summed E-state index contributed by atoms with van der Waals surface area (Å²) in [6.45, 7) is 6.51. The predicted octanol–water partition coefficient (Wildman–Crippen LogP) is 6.39. The lowest BCUT2D eigenvalue weighted by Crippen LogP contribution is -2.35. The molecule has 0 saturated carbocycles. The molecule has 6 heteroatoms. The number of anilines is 1. The number of amides is 3. The van der Waals surface area contributed by atoms with Crippen molar-refractivity contribution in [3.8, 4) is 0 Å². The molecule has 4 nitrogen and oxygen atoms in total. The van der Waals surface area contributed by atoms with Crippen LogP contribution in [-0.4, -0.2) is 11.9 Å². The van der Waals surface area contributed by atoms with Crippen molar-refractivity contribution in [3.05, 3.63) is 101 Å². The Morgan fingerprint density at radius 1 is 0.781 bits per heavy atom. The van der Waals surface area contributed by atoms with E-state index in [0.29, 0.717) is 5.69 Å². The molecule has 0 saturated heterocycles. The Morgan fingerprint density at radius 2 is 1.28 bits per heavy atom. The van der Waals surface area contributed by atoms with Crippen LogP contribution in [0.2, 0.25) is 0 Å². The smallest absolute Gasteiger partial charge is 0.308 e. The van der Waals surface area contributed by atoms with Gasteiger partial charge in [0.05, 0.1) is 0 Å². The Hall–Kier alpha value is -3.80. The maximum Gasteiger partial charge on any atom is 0.326 e. The lowest BCUT2D eigenvalue weighted by molar-refractivity contribution is 0.0959. The molecule has 32 heavy (non-hydrogen) atoms. The van der Waals surface area contributed by atoms with Gasteiger partial charge in [-0.2, -0.15) is 0 Å². The number of hydrogen-bond donors (Lipinski definition) is 2. The number of imide groups is 1. The highest BCUT2D eigenvalue weighted by Crippen LogP contribution is 2.23. The predicted molar refractivity (Wildman–Crippen MR) is 123 cm³/mol. The average Bonchev–Trinajstić information content (AvgIpc) is 2.72. The summed E-state index contributed by atoms with van der Waals surface area (Å²) in [6.07, 6.45) is 3.93. The van der Waals surface area contributed by atoms with Crippen molar-refractivity contribution in [3.63, 3.8) is 0 Å². The highest BCUT2D eigenvalue weighted by molar-refractivity contribution is 6.08. The largest absolute Gasteiger partial charge is 0.326 e. The lowest BCUT2D eigenvalue weighted by Gasteiger charge is -2.18. The van der Waals surface area contributed by atoms with Crippen molar-refractivity contribution in [2.45, 2.75) is 26.2 Å². The van der Waals surface area contributed by atoms with Crippen LogP contribution in [0, 0.1) is 11.6 Å². The number of rotatable bonds is 4. The van der Waals surface area contributed by atoms with Gasteiger partial charge in [-0.1, -0.05) is 75.4 Å². The van der Waals surface area contributed by atoms with E-state index >= 15 is 0 Å². The SMILES string of the molecule is CC(C)(C)c1ccc(/C=C/c2ccc(NC(=O)NC(=O)c3c(F)cccc3F)cc2)cc1. The van der Waals surface area contributed by atoms with Gasteiger partial charge in [0.15, 0.2) is 0 Å². The molecule has 0 aromatic heterocycles. The first-order valence-corrected chi connectivity index (χ1v) is 10.1. The number of hydrogen-bond acceptors (Lipinski definition) is 2. The maximum absolute atomic E-state index is 13.7. The fraction of sp³-hybridized carbons (Fsp3) is 0.154. The fourth-order valence-corrected chi connectivity index (χ4v) is 3.01. The highest BCUT2D eigenvalue weighted by atomic mass is 19.1. The summed E-state index contributed by atoms with van der Waals surface area (Å²) in [6, 6.07) is 17.4. The standard InChI is InChI=1S/C26H24F2N2O2/c1-26(2,3)19-13-9-17(10-14-19)7-8-18-11-15-20(16-12-18)29-25(32)30-24(31)23-21(27)5-4-6-22(23)28/h4-16H,1-3H3,(H2,29,30,31,32)/b8-7+. The third kappa shape index (κ3) is 5.88. The van der Waals surface area contributed by atoms with Gasteiger partial charge >= 0.3 is 6.03 Å². The molecular formula is C26H24F2N2O2. The quantitative estimate of drug-likeness (QED) is 0.467. The summed E-state index contributed by atoms with van der Waals surface area (Å²) >= 11 is 0. The molecule has 0 aliphatic heterocycles. The molecule has 3 aromatic rings. The van der Waals surface area contributed by atoms with E-state index in [4.69, 9.17) is 0 Å². The molecule has 3 amide bonds. The third-order valence-electron chi connectivity index (χ3n) is 4.83. The number of urea groups is 1. The summed E-state index contributed by atoms with van der Waals surface area (Å²) < 4.78 is 27.3. The van der Waals surface area contributed by atoms with E-state index in [1.165, 1.54) is 5.56 Å². The number of nitrogens with one attached hydrogen (secondary N) is 2. The average molecular weight is 434 g/mol. The van der Waals surface area contributed by atoms with Gasteiger partial charge in [-0.25, -0.2) is 13.6 Å². The molecule has 2 N–H and O–H groups in total. The number of carbonyl (C=O) groups is 2. The van der Waals surface area contributed by atoms with Crippen LogP contribution < -0.4 is 10.6 Å². The molecule has 3 rings (SSSR count). The van der Waals surface area contributed by atoms with Gasteiger partial charge in [-0.05, 0) is 46.4 Å². The van der Waals surface area contributed by atoms with Crippen molar-refractivity contribution < 1.29 is 18.4 Å². The van der Waals surface area contributed by atoms with Crippen LogP contribution in [-0.2, 0) is 5.41 Å². The second kappa shape index (κ2) is 9.56. The Balaban J connectivity index is 1.59. The van der Waals surface area contributed by atoms with Gasteiger partial charge in [0.1, 0.15) is 17.2 Å². The summed E-state index contributed by atoms with van der Waals surface area (Å²) in [5.74, 6) is -3.24. The molecule has 0 bridgehead atoms. The van der Waals surface area contributed by atoms with Gasteiger partial charge in [0, 0.05) is 5.69 Å². The maximum atomic E-state index is 13.7. The molecule has 164 valence electrons. The summed E-state index contributed by atoms with van der Waals surface area (Å²) in [4.78, 5) is 24.0. The second-order valence-electron chi connectivity index (χ2n) is 8.33. The fourth-order valence-electron chi connectivity index (χ4n) is 3.01. The number of halogens is 2. The van der Waals surface area contributed by atoms with Crippen LogP contribution in [0.15, 0.2) is 66.7 Å². The first-order valence-electron chi connectivity index (χ1n) is 10.1. The molecule has 0 aliphatic rings. The van der Waals surface area contributed by atoms with Crippen molar-refractivity contribution in [1.29, 1.82) is 0 Å². The van der Waals surface area contributed by atoms with Crippen molar-refractivity contribution in [1.82, 2.24) is 5.32 Å². The topological polar surface area (TPSA) is 58.2 Å². The Bertz CT molecular complexity index is 1130. The second-order valence-corrected chi connectivity index (χ2v) is 8.33. The molecule has 0 fully saturated rings. The first-order chi connectivity index (χ1) is 15.1. The van der Waals surface area contributed by atoms with Crippen molar-refractivity contribution in [2.24, 2.45) is 0 Å². The van der Waals surface area contributed by atoms with E-state index < -0.39 is 29.1 Å². The summed E-state index contributed by atoms with van der Waals surface area (Å²) in [5, 5.41) is 4.38. The van der Waals surface area contributed by atoms with Crippen molar-refractivity contribution in [2.75, 3.05) is 5.32 Å². The van der Waals surface area contributed by atoms with Crippen LogP contribution in [0.4, 0.5) is 19.3 Å².